The van der Waals surface area contributed by atoms with Crippen LogP contribution in [0.1, 0.15) is 31.1 Å². The number of hydrogen-bond acceptors (Lipinski definition) is 4. The summed E-state index contributed by atoms with van der Waals surface area (Å²) in [6, 6.07) is 5.61. The Morgan fingerprint density at radius 1 is 1.26 bits per heavy atom. The molecule has 0 saturated heterocycles. The largest absolute Gasteiger partial charge is 0.326 e. The molecule has 2 rings (SSSR count). The average molecular weight is 336 g/mol. The Labute approximate surface area is 135 Å². The molecule has 0 radical (unpaired) electrons. The quantitative estimate of drug-likeness (QED) is 0.869. The van der Waals surface area contributed by atoms with Crippen molar-refractivity contribution in [2.45, 2.75) is 31.7 Å². The summed E-state index contributed by atoms with van der Waals surface area (Å²) < 4.78 is 29.2. The monoisotopic (exact) mass is 336 g/mol. The lowest BCUT2D eigenvalue weighted by atomic mass is 10.1. The highest BCUT2D eigenvalue weighted by Gasteiger charge is 2.20. The van der Waals surface area contributed by atoms with E-state index in [0.29, 0.717) is 5.69 Å². The molecule has 7 nitrogen and oxygen atoms in total. The standard InChI is InChI=1S/C15H20N4O3S/c1-10(15-9-16-19(4)11(15)2)18-23(21,22)14-7-5-13(6-8-14)17-12(3)20/h5-10,18H,1-4H3,(H,17,20). The van der Waals surface area contributed by atoms with Crippen molar-refractivity contribution in [3.63, 3.8) is 0 Å². The van der Waals surface area contributed by atoms with E-state index in [1.165, 1.54) is 19.1 Å². The lowest BCUT2D eigenvalue weighted by Crippen LogP contribution is -2.27. The fraction of sp³-hybridized carbons (Fsp3) is 0.333. The van der Waals surface area contributed by atoms with Crippen LogP contribution in [-0.2, 0) is 21.9 Å². The van der Waals surface area contributed by atoms with Gasteiger partial charge in [0.2, 0.25) is 15.9 Å². The molecule has 1 amide bonds. The van der Waals surface area contributed by atoms with Gasteiger partial charge in [-0.1, -0.05) is 0 Å². The second kappa shape index (κ2) is 6.51. The minimum Gasteiger partial charge on any atom is -0.326 e. The third kappa shape index (κ3) is 3.96. The van der Waals surface area contributed by atoms with Crippen molar-refractivity contribution in [3.05, 3.63) is 41.7 Å². The summed E-state index contributed by atoms with van der Waals surface area (Å²) in [4.78, 5) is 11.1. The highest BCUT2D eigenvalue weighted by Crippen LogP contribution is 2.20. The molecule has 1 aromatic carbocycles. The van der Waals surface area contributed by atoms with E-state index >= 15 is 0 Å². The molecule has 0 saturated carbocycles. The van der Waals surface area contributed by atoms with E-state index < -0.39 is 16.1 Å². The second-order valence-electron chi connectivity index (χ2n) is 5.36. The molecule has 1 atom stereocenters. The third-order valence-corrected chi connectivity index (χ3v) is 5.11. The average Bonchev–Trinajstić information content (AvgIpc) is 2.78. The second-order valence-corrected chi connectivity index (χ2v) is 7.07. The van der Waals surface area contributed by atoms with Crippen LogP contribution in [0.4, 0.5) is 5.69 Å². The first-order chi connectivity index (χ1) is 10.7. The first-order valence-corrected chi connectivity index (χ1v) is 8.57. The number of rotatable bonds is 5. The van der Waals surface area contributed by atoms with Crippen LogP contribution in [-0.4, -0.2) is 24.1 Å². The predicted molar refractivity (Wildman–Crippen MR) is 87.4 cm³/mol. The number of sulfonamides is 1. The number of carbonyl (C=O) groups excluding carboxylic acids is 1. The summed E-state index contributed by atoms with van der Waals surface area (Å²) in [5.74, 6) is -0.209. The van der Waals surface area contributed by atoms with Gasteiger partial charge in [0.15, 0.2) is 0 Å². The maximum absolute atomic E-state index is 12.4. The van der Waals surface area contributed by atoms with Gasteiger partial charge >= 0.3 is 0 Å². The molecule has 0 aliphatic carbocycles. The summed E-state index contributed by atoms with van der Waals surface area (Å²) in [7, 11) is -1.85. The number of nitrogens with zero attached hydrogens (tertiary/aromatic N) is 2. The summed E-state index contributed by atoms with van der Waals surface area (Å²) >= 11 is 0. The van der Waals surface area contributed by atoms with Crippen LogP contribution >= 0.6 is 0 Å². The van der Waals surface area contributed by atoms with Gasteiger partial charge in [0.05, 0.1) is 11.1 Å². The zero-order valence-corrected chi connectivity index (χ0v) is 14.3. The summed E-state index contributed by atoms with van der Waals surface area (Å²) in [5, 5.41) is 6.72. The van der Waals surface area contributed by atoms with Crippen molar-refractivity contribution >= 4 is 21.6 Å². The SMILES string of the molecule is CC(=O)Nc1ccc(S(=O)(=O)NC(C)c2cnn(C)c2C)cc1. The van der Waals surface area contributed by atoms with Gasteiger partial charge in [-0.3, -0.25) is 9.48 Å². The topological polar surface area (TPSA) is 93.1 Å². The lowest BCUT2D eigenvalue weighted by Gasteiger charge is -2.14. The minimum atomic E-state index is -3.66. The molecule has 0 bridgehead atoms. The normalized spacial score (nSPS) is 12.9. The number of amides is 1. The first kappa shape index (κ1) is 17.2. The predicted octanol–water partition coefficient (Wildman–Crippen LogP) is 1.73. The van der Waals surface area contributed by atoms with Gasteiger partial charge in [-0.15, -0.1) is 0 Å². The fourth-order valence-electron chi connectivity index (χ4n) is 2.23. The summed E-state index contributed by atoms with van der Waals surface area (Å²) in [6.07, 6.45) is 1.66. The van der Waals surface area contributed by atoms with Gasteiger partial charge in [-0.2, -0.15) is 5.10 Å². The summed E-state index contributed by atoms with van der Waals surface area (Å²) in [5.41, 5.74) is 2.28. The maximum Gasteiger partial charge on any atom is 0.241 e. The Morgan fingerprint density at radius 2 is 1.87 bits per heavy atom. The van der Waals surface area contributed by atoms with Crippen molar-refractivity contribution < 1.29 is 13.2 Å². The Balaban J connectivity index is 2.18. The number of carbonyl (C=O) groups is 1. The number of aromatic nitrogens is 2. The van der Waals surface area contributed by atoms with Gasteiger partial charge in [0, 0.05) is 37.0 Å². The van der Waals surface area contributed by atoms with E-state index in [4.69, 9.17) is 0 Å². The number of anilines is 1. The molecule has 0 spiro atoms. The van der Waals surface area contributed by atoms with Crippen LogP contribution in [0.5, 0.6) is 0 Å². The zero-order valence-electron chi connectivity index (χ0n) is 13.5. The molecule has 23 heavy (non-hydrogen) atoms. The van der Waals surface area contributed by atoms with Gasteiger partial charge in [-0.05, 0) is 38.1 Å². The fourth-order valence-corrected chi connectivity index (χ4v) is 3.45. The molecule has 124 valence electrons. The highest BCUT2D eigenvalue weighted by molar-refractivity contribution is 7.89. The van der Waals surface area contributed by atoms with Crippen molar-refractivity contribution in [1.29, 1.82) is 0 Å². The van der Waals surface area contributed by atoms with Crippen LogP contribution < -0.4 is 10.0 Å². The molecule has 2 aromatic rings. The highest BCUT2D eigenvalue weighted by atomic mass is 32.2. The molecule has 0 fully saturated rings. The van der Waals surface area contributed by atoms with Crippen molar-refractivity contribution in [2.75, 3.05) is 5.32 Å². The van der Waals surface area contributed by atoms with E-state index in [-0.39, 0.29) is 10.8 Å². The van der Waals surface area contributed by atoms with Crippen molar-refractivity contribution in [2.24, 2.45) is 7.05 Å². The van der Waals surface area contributed by atoms with E-state index in [9.17, 15) is 13.2 Å². The van der Waals surface area contributed by atoms with E-state index in [1.807, 2.05) is 6.92 Å². The van der Waals surface area contributed by atoms with Gasteiger partial charge in [0.25, 0.3) is 0 Å². The zero-order chi connectivity index (χ0) is 17.2. The Bertz CT molecular complexity index is 810. The first-order valence-electron chi connectivity index (χ1n) is 7.09. The molecule has 0 aliphatic heterocycles. The van der Waals surface area contributed by atoms with Crippen molar-refractivity contribution in [1.82, 2.24) is 14.5 Å². The smallest absolute Gasteiger partial charge is 0.241 e. The molecule has 1 aromatic heterocycles. The van der Waals surface area contributed by atoms with Crippen LogP contribution in [0.2, 0.25) is 0 Å². The van der Waals surface area contributed by atoms with Crippen LogP contribution in [0, 0.1) is 6.92 Å². The number of hydrogen-bond donors (Lipinski definition) is 2. The van der Waals surface area contributed by atoms with Gasteiger partial charge < -0.3 is 5.32 Å². The Morgan fingerprint density at radius 3 is 2.35 bits per heavy atom. The summed E-state index contributed by atoms with van der Waals surface area (Å²) in [6.45, 7) is 5.05. The Kier molecular flexibility index (Phi) is 4.86. The van der Waals surface area contributed by atoms with E-state index in [0.717, 1.165) is 11.3 Å². The molecule has 1 heterocycles. The van der Waals surface area contributed by atoms with Crippen molar-refractivity contribution in [3.8, 4) is 0 Å². The number of nitrogens with one attached hydrogen (secondary N) is 2. The van der Waals surface area contributed by atoms with Crippen LogP contribution in [0.3, 0.4) is 0 Å². The number of aryl methyl sites for hydroxylation is 1. The molecular weight excluding hydrogens is 316 g/mol. The third-order valence-electron chi connectivity index (χ3n) is 3.56. The molecule has 2 N–H and O–H groups in total. The molecule has 1 unspecified atom stereocenters. The molecule has 0 aliphatic rings. The minimum absolute atomic E-state index is 0.139. The van der Waals surface area contributed by atoms with Crippen LogP contribution in [0.25, 0.3) is 0 Å². The van der Waals surface area contributed by atoms with E-state index in [2.05, 4.69) is 15.1 Å². The number of benzene rings is 1. The molecular formula is C15H20N4O3S. The molecule has 8 heteroatoms. The van der Waals surface area contributed by atoms with Gasteiger partial charge in [0.1, 0.15) is 0 Å². The van der Waals surface area contributed by atoms with E-state index in [1.54, 1.807) is 37.0 Å². The maximum atomic E-state index is 12.4. The Hall–Kier alpha value is -2.19. The lowest BCUT2D eigenvalue weighted by molar-refractivity contribution is -0.114. The van der Waals surface area contributed by atoms with Crippen LogP contribution in [0.15, 0.2) is 35.4 Å². The van der Waals surface area contributed by atoms with Gasteiger partial charge in [-0.25, -0.2) is 13.1 Å².